The second kappa shape index (κ2) is 4.31. The predicted octanol–water partition coefficient (Wildman–Crippen LogP) is 1.93. The molecule has 1 heterocycles. The van der Waals surface area contributed by atoms with Gasteiger partial charge in [-0.15, -0.1) is 0 Å². The molecule has 0 spiro atoms. The van der Waals surface area contributed by atoms with Gasteiger partial charge in [0.2, 0.25) is 0 Å². The minimum atomic E-state index is -4.31. The van der Waals surface area contributed by atoms with Gasteiger partial charge in [-0.05, 0) is 30.7 Å². The molecule has 1 aliphatic rings. The van der Waals surface area contributed by atoms with Gasteiger partial charge in [-0.2, -0.15) is 13.2 Å². The number of halogens is 3. The molecule has 1 atom stereocenters. The summed E-state index contributed by atoms with van der Waals surface area (Å²) in [4.78, 5) is 0. The van der Waals surface area contributed by atoms with Crippen LogP contribution in [0.25, 0.3) is 0 Å². The zero-order chi connectivity index (χ0) is 12.5. The van der Waals surface area contributed by atoms with Crippen LogP contribution in [0.2, 0.25) is 0 Å². The van der Waals surface area contributed by atoms with Crippen molar-refractivity contribution in [1.82, 2.24) is 5.32 Å². The highest BCUT2D eigenvalue weighted by molar-refractivity contribution is 5.32. The van der Waals surface area contributed by atoms with Gasteiger partial charge >= 0.3 is 6.18 Å². The lowest BCUT2D eigenvalue weighted by Gasteiger charge is -2.26. The van der Waals surface area contributed by atoms with Gasteiger partial charge in [0.05, 0.1) is 12.2 Å². The van der Waals surface area contributed by atoms with Gasteiger partial charge in [-0.1, -0.05) is 12.1 Å². The maximum Gasteiger partial charge on any atom is 0.416 e. The second-order valence-electron chi connectivity index (χ2n) is 4.44. The molecule has 0 aliphatic carbocycles. The summed E-state index contributed by atoms with van der Waals surface area (Å²) in [6.07, 6.45) is -3.56. The number of nitrogens with one attached hydrogen (secondary N) is 1. The van der Waals surface area contributed by atoms with Crippen LogP contribution in [0.5, 0.6) is 0 Å². The molecule has 2 rings (SSSR count). The SMILES string of the molecule is OCC1(c2ccc(C(F)(F)F)cc2)CCNC1. The van der Waals surface area contributed by atoms with Crippen molar-refractivity contribution in [3.8, 4) is 0 Å². The molecule has 1 saturated heterocycles. The minimum Gasteiger partial charge on any atom is -0.395 e. The molecule has 2 nitrogen and oxygen atoms in total. The second-order valence-corrected chi connectivity index (χ2v) is 4.44. The average Bonchev–Trinajstić information content (AvgIpc) is 2.78. The zero-order valence-corrected chi connectivity index (χ0v) is 9.22. The number of aliphatic hydroxyl groups excluding tert-OH is 1. The summed E-state index contributed by atoms with van der Waals surface area (Å²) in [5.74, 6) is 0. The Balaban J connectivity index is 2.28. The minimum absolute atomic E-state index is 0.0502. The molecule has 2 N–H and O–H groups in total. The zero-order valence-electron chi connectivity index (χ0n) is 9.22. The molecular weight excluding hydrogens is 231 g/mol. The van der Waals surface area contributed by atoms with Crippen LogP contribution in [0.4, 0.5) is 13.2 Å². The van der Waals surface area contributed by atoms with Crippen molar-refractivity contribution in [3.05, 3.63) is 35.4 Å². The summed E-state index contributed by atoms with van der Waals surface area (Å²) in [5, 5.41) is 12.6. The van der Waals surface area contributed by atoms with Gasteiger partial charge in [-0.3, -0.25) is 0 Å². The van der Waals surface area contributed by atoms with E-state index in [1.165, 1.54) is 12.1 Å². The molecule has 1 aromatic rings. The molecule has 5 heteroatoms. The van der Waals surface area contributed by atoms with Gasteiger partial charge in [0, 0.05) is 12.0 Å². The van der Waals surface area contributed by atoms with Crippen molar-refractivity contribution < 1.29 is 18.3 Å². The topological polar surface area (TPSA) is 32.3 Å². The Morgan fingerprint density at radius 2 is 1.88 bits per heavy atom. The lowest BCUT2D eigenvalue weighted by atomic mass is 9.80. The van der Waals surface area contributed by atoms with Gasteiger partial charge in [-0.25, -0.2) is 0 Å². The van der Waals surface area contributed by atoms with Crippen molar-refractivity contribution in [2.24, 2.45) is 0 Å². The number of hydrogen-bond acceptors (Lipinski definition) is 2. The van der Waals surface area contributed by atoms with Crippen LogP contribution < -0.4 is 5.32 Å². The number of rotatable bonds is 2. The molecule has 1 aromatic carbocycles. The van der Waals surface area contributed by atoms with E-state index in [2.05, 4.69) is 5.32 Å². The van der Waals surface area contributed by atoms with E-state index in [9.17, 15) is 18.3 Å². The van der Waals surface area contributed by atoms with Crippen LogP contribution in [0.1, 0.15) is 17.5 Å². The largest absolute Gasteiger partial charge is 0.416 e. The van der Waals surface area contributed by atoms with Crippen molar-refractivity contribution in [1.29, 1.82) is 0 Å². The van der Waals surface area contributed by atoms with Gasteiger partial charge in [0.1, 0.15) is 0 Å². The third-order valence-electron chi connectivity index (χ3n) is 3.37. The van der Waals surface area contributed by atoms with E-state index in [0.29, 0.717) is 6.54 Å². The number of aliphatic hydroxyl groups is 1. The highest BCUT2D eigenvalue weighted by Crippen LogP contribution is 2.34. The molecule has 0 amide bonds. The fraction of sp³-hybridized carbons (Fsp3) is 0.500. The molecule has 94 valence electrons. The number of alkyl halides is 3. The normalized spacial score (nSPS) is 25.2. The number of benzene rings is 1. The Morgan fingerprint density at radius 1 is 1.24 bits per heavy atom. The molecule has 0 saturated carbocycles. The lowest BCUT2D eigenvalue weighted by molar-refractivity contribution is -0.137. The van der Waals surface area contributed by atoms with Crippen molar-refractivity contribution in [3.63, 3.8) is 0 Å². The van der Waals surface area contributed by atoms with E-state index in [0.717, 1.165) is 30.7 Å². The number of hydrogen-bond donors (Lipinski definition) is 2. The fourth-order valence-corrected chi connectivity index (χ4v) is 2.23. The van der Waals surface area contributed by atoms with E-state index < -0.39 is 17.2 Å². The van der Waals surface area contributed by atoms with Crippen LogP contribution in [-0.2, 0) is 11.6 Å². The first-order chi connectivity index (χ1) is 7.98. The highest BCUT2D eigenvalue weighted by Gasteiger charge is 2.36. The first-order valence-corrected chi connectivity index (χ1v) is 5.47. The lowest BCUT2D eigenvalue weighted by Crippen LogP contribution is -2.33. The summed E-state index contributed by atoms with van der Waals surface area (Å²) in [6, 6.07) is 5.08. The summed E-state index contributed by atoms with van der Waals surface area (Å²) < 4.78 is 37.2. The van der Waals surface area contributed by atoms with E-state index in [-0.39, 0.29) is 6.61 Å². The van der Waals surface area contributed by atoms with Crippen LogP contribution in [0, 0.1) is 0 Å². The molecule has 1 fully saturated rings. The van der Waals surface area contributed by atoms with Gasteiger partial charge < -0.3 is 10.4 Å². The Bertz CT molecular complexity index is 380. The maximum atomic E-state index is 12.4. The monoisotopic (exact) mass is 245 g/mol. The Hall–Kier alpha value is -1.07. The molecule has 17 heavy (non-hydrogen) atoms. The molecule has 0 aromatic heterocycles. The van der Waals surface area contributed by atoms with Gasteiger partial charge in [0.15, 0.2) is 0 Å². The van der Waals surface area contributed by atoms with E-state index >= 15 is 0 Å². The van der Waals surface area contributed by atoms with E-state index in [1.807, 2.05) is 0 Å². The summed E-state index contributed by atoms with van der Waals surface area (Å²) >= 11 is 0. The van der Waals surface area contributed by atoms with E-state index in [1.54, 1.807) is 0 Å². The smallest absolute Gasteiger partial charge is 0.395 e. The molecule has 0 bridgehead atoms. The van der Waals surface area contributed by atoms with Crippen molar-refractivity contribution >= 4 is 0 Å². The quantitative estimate of drug-likeness (QED) is 0.834. The first-order valence-electron chi connectivity index (χ1n) is 5.47. The first kappa shape index (κ1) is 12.4. The standard InChI is InChI=1S/C12H14F3NO/c13-12(14,15)10-3-1-9(2-4-10)11(8-17)5-6-16-7-11/h1-4,16-17H,5-8H2. The molecular formula is C12H14F3NO. The third-order valence-corrected chi connectivity index (χ3v) is 3.37. The van der Waals surface area contributed by atoms with Gasteiger partial charge in [0.25, 0.3) is 0 Å². The Morgan fingerprint density at radius 3 is 2.29 bits per heavy atom. The molecule has 1 aliphatic heterocycles. The van der Waals surface area contributed by atoms with Crippen LogP contribution in [0.3, 0.4) is 0 Å². The maximum absolute atomic E-state index is 12.4. The Labute approximate surface area is 97.5 Å². The predicted molar refractivity (Wildman–Crippen MR) is 57.7 cm³/mol. The summed E-state index contributed by atoms with van der Waals surface area (Å²) in [5.41, 5.74) is -0.317. The summed E-state index contributed by atoms with van der Waals surface area (Å²) in [7, 11) is 0. The van der Waals surface area contributed by atoms with Crippen LogP contribution >= 0.6 is 0 Å². The van der Waals surface area contributed by atoms with Crippen LogP contribution in [0.15, 0.2) is 24.3 Å². The van der Waals surface area contributed by atoms with Crippen molar-refractivity contribution in [2.45, 2.75) is 18.0 Å². The molecule has 0 radical (unpaired) electrons. The average molecular weight is 245 g/mol. The van der Waals surface area contributed by atoms with Crippen molar-refractivity contribution in [2.75, 3.05) is 19.7 Å². The molecule has 1 unspecified atom stereocenters. The Kier molecular flexibility index (Phi) is 3.14. The van der Waals surface area contributed by atoms with Crippen LogP contribution in [-0.4, -0.2) is 24.8 Å². The third kappa shape index (κ3) is 2.30. The fourth-order valence-electron chi connectivity index (χ4n) is 2.23. The summed E-state index contributed by atoms with van der Waals surface area (Å²) in [6.45, 7) is 1.34. The van der Waals surface area contributed by atoms with E-state index in [4.69, 9.17) is 0 Å². The highest BCUT2D eigenvalue weighted by atomic mass is 19.4.